The van der Waals surface area contributed by atoms with Gasteiger partial charge in [-0.05, 0) is 35.9 Å². The summed E-state index contributed by atoms with van der Waals surface area (Å²) in [7, 11) is -3.64. The minimum Gasteiger partial charge on any atom is -0.490 e. The summed E-state index contributed by atoms with van der Waals surface area (Å²) in [6, 6.07) is 11.8. The monoisotopic (exact) mass is 365 g/mol. The van der Waals surface area contributed by atoms with Crippen LogP contribution in [0.25, 0.3) is 6.08 Å². The lowest BCUT2D eigenvalue weighted by atomic mass is 10.2. The Bertz CT molecular complexity index is 847. The zero-order valence-corrected chi connectivity index (χ0v) is 14.3. The fourth-order valence-corrected chi connectivity index (χ4v) is 3.15. The van der Waals surface area contributed by atoms with Crippen molar-refractivity contribution in [2.24, 2.45) is 0 Å². The molecule has 7 heteroatoms. The van der Waals surface area contributed by atoms with E-state index in [1.54, 1.807) is 42.5 Å². The van der Waals surface area contributed by atoms with Gasteiger partial charge in [0.25, 0.3) is 10.0 Å². The summed E-state index contributed by atoms with van der Waals surface area (Å²) < 4.78 is 37.9. The molecule has 3 rings (SSSR count). The highest BCUT2D eigenvalue weighted by Crippen LogP contribution is 2.32. The second-order valence-corrected chi connectivity index (χ2v) is 7.22. The second-order valence-electron chi connectivity index (χ2n) is 5.21. The Morgan fingerprint density at radius 3 is 2.46 bits per heavy atom. The maximum absolute atomic E-state index is 12.2. The van der Waals surface area contributed by atoms with Gasteiger partial charge < -0.3 is 9.47 Å². The highest BCUT2D eigenvalue weighted by atomic mass is 35.5. The smallest absolute Gasteiger partial charge is 0.255 e. The van der Waals surface area contributed by atoms with Gasteiger partial charge in [0.15, 0.2) is 11.5 Å². The molecule has 0 unspecified atom stereocenters. The van der Waals surface area contributed by atoms with E-state index in [1.165, 1.54) is 6.08 Å². The van der Waals surface area contributed by atoms with Crippen molar-refractivity contribution in [1.29, 1.82) is 0 Å². The molecule has 1 heterocycles. The standard InChI is InChI=1S/C17H16ClNO4S/c18-14-4-2-13(3-5-14)8-11-24(20,21)19-15-6-7-16-17(12-15)23-10-1-9-22-16/h2-8,11-12,19H,1,9-10H2/b11-8+. The topological polar surface area (TPSA) is 64.6 Å². The molecule has 1 aliphatic rings. The zero-order chi connectivity index (χ0) is 17.0. The quantitative estimate of drug-likeness (QED) is 0.892. The lowest BCUT2D eigenvalue weighted by Gasteiger charge is -2.10. The molecule has 1 aliphatic heterocycles. The van der Waals surface area contributed by atoms with Crippen molar-refractivity contribution in [3.05, 3.63) is 58.5 Å². The van der Waals surface area contributed by atoms with Gasteiger partial charge in [-0.2, -0.15) is 0 Å². The minimum absolute atomic E-state index is 0.417. The number of hydrogen-bond acceptors (Lipinski definition) is 4. The molecule has 0 atom stereocenters. The van der Waals surface area contributed by atoms with Gasteiger partial charge in [-0.1, -0.05) is 23.7 Å². The number of hydrogen-bond donors (Lipinski definition) is 1. The van der Waals surface area contributed by atoms with Crippen molar-refractivity contribution in [3.63, 3.8) is 0 Å². The van der Waals surface area contributed by atoms with Crippen molar-refractivity contribution in [1.82, 2.24) is 0 Å². The summed E-state index contributed by atoms with van der Waals surface area (Å²) in [4.78, 5) is 0. The summed E-state index contributed by atoms with van der Waals surface area (Å²) in [6.45, 7) is 1.13. The van der Waals surface area contributed by atoms with Crippen LogP contribution in [-0.2, 0) is 10.0 Å². The van der Waals surface area contributed by atoms with Crippen molar-refractivity contribution in [2.75, 3.05) is 17.9 Å². The Hall–Kier alpha value is -2.18. The van der Waals surface area contributed by atoms with Gasteiger partial charge in [0.2, 0.25) is 0 Å². The number of fused-ring (bicyclic) bond motifs is 1. The van der Waals surface area contributed by atoms with Crippen LogP contribution in [-0.4, -0.2) is 21.6 Å². The number of anilines is 1. The molecule has 0 aliphatic carbocycles. The van der Waals surface area contributed by atoms with Gasteiger partial charge in [0, 0.05) is 17.5 Å². The number of halogens is 1. The highest BCUT2D eigenvalue weighted by Gasteiger charge is 2.13. The van der Waals surface area contributed by atoms with Crippen LogP contribution >= 0.6 is 11.6 Å². The molecule has 24 heavy (non-hydrogen) atoms. The fourth-order valence-electron chi connectivity index (χ4n) is 2.17. The molecule has 0 amide bonds. The maximum atomic E-state index is 12.2. The molecule has 0 saturated heterocycles. The molecule has 0 aromatic heterocycles. The van der Waals surface area contributed by atoms with Gasteiger partial charge in [-0.25, -0.2) is 8.42 Å². The number of nitrogens with one attached hydrogen (secondary N) is 1. The van der Waals surface area contributed by atoms with E-state index in [4.69, 9.17) is 21.1 Å². The van der Waals surface area contributed by atoms with Gasteiger partial charge >= 0.3 is 0 Å². The zero-order valence-electron chi connectivity index (χ0n) is 12.7. The molecule has 0 bridgehead atoms. The molecular formula is C17H16ClNO4S. The van der Waals surface area contributed by atoms with E-state index >= 15 is 0 Å². The predicted molar refractivity (Wildman–Crippen MR) is 95.1 cm³/mol. The summed E-state index contributed by atoms with van der Waals surface area (Å²) in [6.07, 6.45) is 2.29. The third-order valence-electron chi connectivity index (χ3n) is 3.32. The second kappa shape index (κ2) is 7.15. The molecule has 126 valence electrons. The summed E-state index contributed by atoms with van der Waals surface area (Å²) in [5, 5.41) is 1.71. The number of sulfonamides is 1. The van der Waals surface area contributed by atoms with Gasteiger partial charge in [0.05, 0.1) is 24.3 Å². The molecule has 2 aromatic carbocycles. The Morgan fingerprint density at radius 1 is 1.00 bits per heavy atom. The molecule has 0 fully saturated rings. The number of benzene rings is 2. The summed E-state index contributed by atoms with van der Waals surface area (Å²) in [5.41, 5.74) is 1.16. The van der Waals surface area contributed by atoms with Crippen LogP contribution < -0.4 is 14.2 Å². The van der Waals surface area contributed by atoms with Crippen LogP contribution in [0.2, 0.25) is 5.02 Å². The van der Waals surface area contributed by atoms with Crippen molar-refractivity contribution < 1.29 is 17.9 Å². The molecule has 5 nitrogen and oxygen atoms in total. The van der Waals surface area contributed by atoms with Gasteiger partial charge in [0.1, 0.15) is 0 Å². The molecular weight excluding hydrogens is 350 g/mol. The fraction of sp³-hybridized carbons (Fsp3) is 0.176. The van der Waals surface area contributed by atoms with Crippen molar-refractivity contribution >= 4 is 33.4 Å². The van der Waals surface area contributed by atoms with Crippen molar-refractivity contribution in [2.45, 2.75) is 6.42 Å². The van der Waals surface area contributed by atoms with E-state index in [9.17, 15) is 8.42 Å². The van der Waals surface area contributed by atoms with E-state index in [-0.39, 0.29) is 0 Å². The predicted octanol–water partition coefficient (Wildman–Crippen LogP) is 3.91. The lowest BCUT2D eigenvalue weighted by molar-refractivity contribution is 0.297. The van der Waals surface area contributed by atoms with E-state index < -0.39 is 10.0 Å². The first kappa shape index (κ1) is 16.7. The van der Waals surface area contributed by atoms with Gasteiger partial charge in [-0.3, -0.25) is 4.72 Å². The lowest BCUT2D eigenvalue weighted by Crippen LogP contribution is -2.09. The van der Waals surface area contributed by atoms with Crippen LogP contribution in [0.1, 0.15) is 12.0 Å². The van der Waals surface area contributed by atoms with Gasteiger partial charge in [-0.15, -0.1) is 0 Å². The first-order valence-corrected chi connectivity index (χ1v) is 9.30. The highest BCUT2D eigenvalue weighted by molar-refractivity contribution is 7.95. The number of ether oxygens (including phenoxy) is 2. The first-order chi connectivity index (χ1) is 11.5. The van der Waals surface area contributed by atoms with Crippen LogP contribution in [0.15, 0.2) is 47.9 Å². The third kappa shape index (κ3) is 4.43. The number of rotatable bonds is 4. The van der Waals surface area contributed by atoms with E-state index in [0.717, 1.165) is 17.4 Å². The maximum Gasteiger partial charge on any atom is 0.255 e. The Kier molecular flexibility index (Phi) is 4.97. The summed E-state index contributed by atoms with van der Waals surface area (Å²) >= 11 is 5.80. The van der Waals surface area contributed by atoms with Crippen LogP contribution in [0.4, 0.5) is 5.69 Å². The van der Waals surface area contributed by atoms with Crippen molar-refractivity contribution in [3.8, 4) is 11.5 Å². The average molecular weight is 366 g/mol. The molecule has 0 saturated carbocycles. The Labute approximate surface area is 145 Å². The van der Waals surface area contributed by atoms with Crippen LogP contribution in [0.5, 0.6) is 11.5 Å². The molecule has 0 radical (unpaired) electrons. The normalized spacial score (nSPS) is 14.4. The van der Waals surface area contributed by atoms with E-state index in [0.29, 0.717) is 35.4 Å². The first-order valence-electron chi connectivity index (χ1n) is 7.38. The summed E-state index contributed by atoms with van der Waals surface area (Å²) in [5.74, 6) is 1.15. The third-order valence-corrected chi connectivity index (χ3v) is 4.58. The van der Waals surface area contributed by atoms with E-state index in [1.807, 2.05) is 0 Å². The van der Waals surface area contributed by atoms with E-state index in [2.05, 4.69) is 4.72 Å². The molecule has 0 spiro atoms. The van der Waals surface area contributed by atoms with Crippen LogP contribution in [0.3, 0.4) is 0 Å². The Balaban J connectivity index is 1.74. The largest absolute Gasteiger partial charge is 0.490 e. The van der Waals surface area contributed by atoms with Crippen LogP contribution in [0, 0.1) is 0 Å². The minimum atomic E-state index is -3.64. The molecule has 1 N–H and O–H groups in total. The SMILES string of the molecule is O=S(=O)(/C=C/c1ccc(Cl)cc1)Nc1ccc2c(c1)OCCCO2. The Morgan fingerprint density at radius 2 is 1.71 bits per heavy atom. The molecule has 2 aromatic rings. The average Bonchev–Trinajstić information content (AvgIpc) is 2.79.